The highest BCUT2D eigenvalue weighted by Crippen LogP contribution is 2.40. The van der Waals surface area contributed by atoms with Gasteiger partial charge in [0.05, 0.1) is 17.0 Å². The van der Waals surface area contributed by atoms with Gasteiger partial charge in [0.15, 0.2) is 5.43 Å². The fourth-order valence-electron chi connectivity index (χ4n) is 3.98. The molecule has 5 nitrogen and oxygen atoms in total. The molecule has 5 rings (SSSR count). The van der Waals surface area contributed by atoms with Crippen molar-refractivity contribution in [3.05, 3.63) is 110 Å². The molecule has 0 bridgehead atoms. The van der Waals surface area contributed by atoms with Crippen molar-refractivity contribution in [1.82, 2.24) is 4.90 Å². The molecule has 1 aromatic heterocycles. The van der Waals surface area contributed by atoms with Gasteiger partial charge in [-0.15, -0.1) is 0 Å². The number of para-hydroxylation sites is 1. The van der Waals surface area contributed by atoms with Gasteiger partial charge in [0.2, 0.25) is 5.76 Å². The first kappa shape index (κ1) is 18.5. The molecule has 0 unspecified atom stereocenters. The minimum absolute atomic E-state index is 0.0269. The number of amides is 1. The van der Waals surface area contributed by atoms with Crippen LogP contribution in [-0.2, 0) is 6.54 Å². The number of nitrogens with zero attached hydrogens (tertiary/aromatic N) is 1. The molecular weight excluding hydrogens is 402 g/mol. The summed E-state index contributed by atoms with van der Waals surface area (Å²) in [6.45, 7) is 0.193. The average molecular weight is 418 g/mol. The van der Waals surface area contributed by atoms with Gasteiger partial charge in [-0.2, -0.15) is 0 Å². The van der Waals surface area contributed by atoms with E-state index in [1.807, 2.05) is 18.2 Å². The van der Waals surface area contributed by atoms with Crippen LogP contribution in [0.25, 0.3) is 11.0 Å². The number of carbonyl (C=O) groups excluding carboxylic acids is 1. The van der Waals surface area contributed by atoms with Gasteiger partial charge in [-0.05, 0) is 41.5 Å². The lowest BCUT2D eigenvalue weighted by Gasteiger charge is -2.25. The van der Waals surface area contributed by atoms with Gasteiger partial charge in [-0.3, -0.25) is 9.59 Å². The van der Waals surface area contributed by atoms with Crippen molar-refractivity contribution in [2.75, 3.05) is 0 Å². The number of benzene rings is 3. The van der Waals surface area contributed by atoms with Crippen molar-refractivity contribution in [3.63, 3.8) is 0 Å². The summed E-state index contributed by atoms with van der Waals surface area (Å²) in [5.74, 6) is -0.309. The van der Waals surface area contributed by atoms with Crippen LogP contribution in [0.5, 0.6) is 5.75 Å². The summed E-state index contributed by atoms with van der Waals surface area (Å²) in [5, 5.41) is 11.0. The molecule has 0 saturated heterocycles. The Bertz CT molecular complexity index is 1360. The molecule has 148 valence electrons. The van der Waals surface area contributed by atoms with Crippen LogP contribution in [0.2, 0.25) is 5.02 Å². The van der Waals surface area contributed by atoms with Gasteiger partial charge in [0.25, 0.3) is 5.91 Å². The second-order valence-electron chi connectivity index (χ2n) is 7.19. The smallest absolute Gasteiger partial charge is 0.291 e. The number of rotatable bonds is 3. The number of fused-ring (bicyclic) bond motifs is 2. The number of hydrogen-bond donors (Lipinski definition) is 1. The number of phenols is 1. The summed E-state index contributed by atoms with van der Waals surface area (Å²) in [6.07, 6.45) is 0. The summed E-state index contributed by atoms with van der Waals surface area (Å²) in [5.41, 5.74) is 1.76. The molecule has 6 heteroatoms. The van der Waals surface area contributed by atoms with Crippen molar-refractivity contribution >= 4 is 28.5 Å². The first-order valence-corrected chi connectivity index (χ1v) is 9.81. The summed E-state index contributed by atoms with van der Waals surface area (Å²) in [4.78, 5) is 28.3. The third-order valence-electron chi connectivity index (χ3n) is 5.36. The largest absolute Gasteiger partial charge is 0.508 e. The molecule has 0 spiro atoms. The van der Waals surface area contributed by atoms with Crippen molar-refractivity contribution in [1.29, 1.82) is 0 Å². The van der Waals surface area contributed by atoms with E-state index in [0.717, 1.165) is 5.56 Å². The van der Waals surface area contributed by atoms with E-state index in [2.05, 4.69) is 0 Å². The van der Waals surface area contributed by atoms with Crippen molar-refractivity contribution < 1.29 is 14.3 Å². The van der Waals surface area contributed by atoms with E-state index in [9.17, 15) is 14.7 Å². The molecule has 30 heavy (non-hydrogen) atoms. The van der Waals surface area contributed by atoms with Gasteiger partial charge in [0.1, 0.15) is 11.3 Å². The van der Waals surface area contributed by atoms with Crippen LogP contribution in [0.3, 0.4) is 0 Å². The number of hydrogen-bond acceptors (Lipinski definition) is 4. The van der Waals surface area contributed by atoms with Gasteiger partial charge >= 0.3 is 0 Å². The Hall–Kier alpha value is -3.57. The summed E-state index contributed by atoms with van der Waals surface area (Å²) < 4.78 is 5.89. The number of phenolic OH excluding ortho intramolecular Hbond substituents is 1. The maximum Gasteiger partial charge on any atom is 0.291 e. The van der Waals surface area contributed by atoms with Crippen LogP contribution in [0.4, 0.5) is 0 Å². The van der Waals surface area contributed by atoms with Crippen LogP contribution in [0, 0.1) is 0 Å². The lowest BCUT2D eigenvalue weighted by molar-refractivity contribution is 0.0714. The van der Waals surface area contributed by atoms with Crippen molar-refractivity contribution in [2.45, 2.75) is 12.6 Å². The third-order valence-corrected chi connectivity index (χ3v) is 5.73. The Labute approximate surface area is 176 Å². The van der Waals surface area contributed by atoms with Crippen LogP contribution < -0.4 is 5.43 Å². The second-order valence-corrected chi connectivity index (χ2v) is 7.60. The lowest BCUT2D eigenvalue weighted by Crippen LogP contribution is -2.29. The SMILES string of the molecule is O=C1c2oc3ccccc3c(=O)c2[C@@H](c2cccc(O)c2)N1Cc1ccccc1Cl. The fraction of sp³-hybridized carbons (Fsp3) is 0.0833. The molecule has 3 aromatic carbocycles. The number of aromatic hydroxyl groups is 1. The first-order valence-electron chi connectivity index (χ1n) is 9.43. The van der Waals surface area contributed by atoms with Crippen LogP contribution in [0.15, 0.2) is 82.0 Å². The molecule has 1 N–H and O–H groups in total. The zero-order chi connectivity index (χ0) is 20.8. The third kappa shape index (κ3) is 2.86. The van der Waals surface area contributed by atoms with E-state index < -0.39 is 6.04 Å². The van der Waals surface area contributed by atoms with Gasteiger partial charge in [0, 0.05) is 11.6 Å². The van der Waals surface area contributed by atoms with Crippen LogP contribution in [-0.4, -0.2) is 15.9 Å². The fourth-order valence-corrected chi connectivity index (χ4v) is 4.18. The van der Waals surface area contributed by atoms with E-state index in [1.54, 1.807) is 59.5 Å². The zero-order valence-electron chi connectivity index (χ0n) is 15.7. The first-order chi connectivity index (χ1) is 14.5. The molecule has 4 aromatic rings. The molecule has 1 atom stereocenters. The van der Waals surface area contributed by atoms with E-state index in [0.29, 0.717) is 21.6 Å². The van der Waals surface area contributed by atoms with E-state index in [1.165, 1.54) is 0 Å². The zero-order valence-corrected chi connectivity index (χ0v) is 16.5. The minimum atomic E-state index is -0.697. The van der Waals surface area contributed by atoms with E-state index in [4.69, 9.17) is 16.0 Å². The highest BCUT2D eigenvalue weighted by atomic mass is 35.5. The van der Waals surface area contributed by atoms with Crippen molar-refractivity contribution in [2.24, 2.45) is 0 Å². The minimum Gasteiger partial charge on any atom is -0.508 e. The molecule has 1 aliphatic rings. The van der Waals surface area contributed by atoms with Crippen LogP contribution >= 0.6 is 11.6 Å². The molecule has 1 amide bonds. The summed E-state index contributed by atoms with van der Waals surface area (Å²) >= 11 is 6.33. The molecule has 0 fully saturated rings. The molecular formula is C24H16ClNO4. The molecule has 0 saturated carbocycles. The van der Waals surface area contributed by atoms with E-state index in [-0.39, 0.29) is 35.0 Å². The predicted molar refractivity (Wildman–Crippen MR) is 114 cm³/mol. The number of carbonyl (C=O) groups is 1. The van der Waals surface area contributed by atoms with Gasteiger partial charge < -0.3 is 14.4 Å². The van der Waals surface area contributed by atoms with Gasteiger partial charge in [-0.25, -0.2) is 0 Å². The Balaban J connectivity index is 1.75. The molecule has 2 heterocycles. The topological polar surface area (TPSA) is 70.8 Å². The molecule has 0 radical (unpaired) electrons. The van der Waals surface area contributed by atoms with E-state index >= 15 is 0 Å². The predicted octanol–water partition coefficient (Wildman–Crippen LogP) is 4.90. The standard InChI is InChI=1S/C24H16ClNO4/c25-18-10-3-1-6-15(18)13-26-21(14-7-5-8-16(27)12-14)20-22(28)17-9-2-4-11-19(17)30-23(20)24(26)29/h1-12,21,27H,13H2/t21-/m1/s1. The maximum atomic E-state index is 13.4. The normalized spacial score (nSPS) is 15.6. The summed E-state index contributed by atoms with van der Waals surface area (Å²) in [6, 6.07) is 20.0. The Morgan fingerprint density at radius 3 is 2.53 bits per heavy atom. The lowest BCUT2D eigenvalue weighted by atomic mass is 9.98. The van der Waals surface area contributed by atoms with Crippen molar-refractivity contribution in [3.8, 4) is 5.75 Å². The Morgan fingerprint density at radius 1 is 0.967 bits per heavy atom. The quantitative estimate of drug-likeness (QED) is 0.514. The molecule has 1 aliphatic heterocycles. The monoisotopic (exact) mass is 417 g/mol. The summed E-state index contributed by atoms with van der Waals surface area (Å²) in [7, 11) is 0. The van der Waals surface area contributed by atoms with Crippen LogP contribution in [0.1, 0.15) is 33.3 Å². The highest BCUT2D eigenvalue weighted by Gasteiger charge is 2.42. The maximum absolute atomic E-state index is 13.4. The number of halogens is 1. The second kappa shape index (κ2) is 7.04. The molecule has 0 aliphatic carbocycles. The average Bonchev–Trinajstić information content (AvgIpc) is 3.02. The Kier molecular flexibility index (Phi) is 4.33. The van der Waals surface area contributed by atoms with Gasteiger partial charge in [-0.1, -0.05) is 54.1 Å². The highest BCUT2D eigenvalue weighted by molar-refractivity contribution is 6.31. The Morgan fingerprint density at radius 2 is 1.73 bits per heavy atom.